The molecule has 0 radical (unpaired) electrons. The highest BCUT2D eigenvalue weighted by molar-refractivity contribution is 5.95. The second-order valence-electron chi connectivity index (χ2n) is 9.97. The van der Waals surface area contributed by atoms with Crippen LogP contribution in [0.3, 0.4) is 0 Å². The van der Waals surface area contributed by atoms with Crippen LogP contribution in [-0.2, 0) is 11.3 Å². The fraction of sp³-hybridized carbons (Fsp3) is 0.667. The van der Waals surface area contributed by atoms with Gasteiger partial charge >= 0.3 is 18.4 Å². The van der Waals surface area contributed by atoms with Crippen molar-refractivity contribution in [1.29, 1.82) is 0 Å². The molecule has 0 saturated carbocycles. The number of hydrogen-bond acceptors (Lipinski definition) is 4. The van der Waals surface area contributed by atoms with Gasteiger partial charge in [0.2, 0.25) is 0 Å². The number of ether oxygens (including phenoxy) is 1. The van der Waals surface area contributed by atoms with Crippen molar-refractivity contribution < 1.29 is 40.7 Å². The summed E-state index contributed by atoms with van der Waals surface area (Å²) >= 11 is 0. The minimum atomic E-state index is -5.73. The van der Waals surface area contributed by atoms with Gasteiger partial charge in [0.15, 0.2) is 0 Å². The Kier molecular flexibility index (Phi) is 7.45. The summed E-state index contributed by atoms with van der Waals surface area (Å²) in [5.74, 6) is -0.0811. The number of amides is 2. The van der Waals surface area contributed by atoms with Crippen LogP contribution in [0.15, 0.2) is 18.2 Å². The molecule has 1 aromatic rings. The van der Waals surface area contributed by atoms with Crippen LogP contribution in [0.25, 0.3) is 0 Å². The van der Waals surface area contributed by atoms with Gasteiger partial charge in [-0.05, 0) is 55.2 Å². The van der Waals surface area contributed by atoms with E-state index in [1.807, 2.05) is 30.0 Å². The highest BCUT2D eigenvalue weighted by atomic mass is 19.4. The number of fused-ring (bicyclic) bond motifs is 1. The molecule has 0 bridgehead atoms. The molecule has 3 fully saturated rings. The predicted octanol–water partition coefficient (Wildman–Crippen LogP) is 4.61. The fourth-order valence-electron chi connectivity index (χ4n) is 5.45. The molecular weight excluding hydrogens is 492 g/mol. The quantitative estimate of drug-likeness (QED) is 0.543. The summed E-state index contributed by atoms with van der Waals surface area (Å²) in [7, 11) is 0. The van der Waals surface area contributed by atoms with Crippen LogP contribution in [0.4, 0.5) is 31.1 Å². The zero-order chi connectivity index (χ0) is 26.3. The maximum Gasteiger partial charge on any atom is 0.434 e. The molecule has 2 amide bonds. The normalized spacial score (nSPS) is 23.3. The number of halogens is 6. The number of hydrogen-bond donors (Lipinski definition) is 0. The van der Waals surface area contributed by atoms with Crippen molar-refractivity contribution in [2.45, 2.75) is 51.2 Å². The van der Waals surface area contributed by atoms with Crippen LogP contribution in [0.5, 0.6) is 0 Å². The Hall–Kier alpha value is -2.50. The molecule has 6 nitrogen and oxygen atoms in total. The molecule has 3 aliphatic heterocycles. The molecule has 36 heavy (non-hydrogen) atoms. The number of piperidine rings is 1. The van der Waals surface area contributed by atoms with Crippen molar-refractivity contribution in [2.24, 2.45) is 11.8 Å². The molecule has 3 heterocycles. The summed E-state index contributed by atoms with van der Waals surface area (Å²) in [6.45, 7) is 5.25. The van der Waals surface area contributed by atoms with E-state index < -0.39 is 24.5 Å². The number of nitrogens with zero attached hydrogens (tertiary/aromatic N) is 3. The van der Waals surface area contributed by atoms with Crippen molar-refractivity contribution in [2.75, 3.05) is 39.3 Å². The number of alkyl halides is 6. The van der Waals surface area contributed by atoms with E-state index in [0.29, 0.717) is 25.2 Å². The maximum atomic E-state index is 12.8. The smallest absolute Gasteiger partial charge is 0.426 e. The first-order valence-corrected chi connectivity index (χ1v) is 12.0. The minimum absolute atomic E-state index is 0.0414. The number of likely N-dealkylation sites (tertiary alicyclic amines) is 3. The van der Waals surface area contributed by atoms with Crippen LogP contribution in [0, 0.1) is 18.8 Å². The Morgan fingerprint density at radius 3 is 2.03 bits per heavy atom. The molecule has 0 N–H and O–H groups in total. The van der Waals surface area contributed by atoms with Crippen LogP contribution in [-0.4, -0.2) is 84.4 Å². The zero-order valence-electron chi connectivity index (χ0n) is 19.9. The lowest BCUT2D eigenvalue weighted by Gasteiger charge is -2.27. The fourth-order valence-corrected chi connectivity index (χ4v) is 5.45. The molecule has 0 aliphatic carbocycles. The summed E-state index contributed by atoms with van der Waals surface area (Å²) in [4.78, 5) is 29.8. The minimum Gasteiger partial charge on any atom is -0.426 e. The van der Waals surface area contributed by atoms with Gasteiger partial charge in [-0.25, -0.2) is 4.79 Å². The summed E-state index contributed by atoms with van der Waals surface area (Å²) < 4.78 is 80.0. The number of carbonyl (C=O) groups is 2. The van der Waals surface area contributed by atoms with Crippen LogP contribution >= 0.6 is 0 Å². The Morgan fingerprint density at radius 2 is 1.50 bits per heavy atom. The Bertz CT molecular complexity index is 949. The molecule has 2 unspecified atom stereocenters. The Balaban J connectivity index is 1.30. The largest absolute Gasteiger partial charge is 0.434 e. The molecule has 2 atom stereocenters. The summed E-state index contributed by atoms with van der Waals surface area (Å²) in [5.41, 5.74) is 2.58. The van der Waals surface area contributed by atoms with E-state index in [-0.39, 0.29) is 30.8 Å². The van der Waals surface area contributed by atoms with Gasteiger partial charge in [-0.2, -0.15) is 26.3 Å². The van der Waals surface area contributed by atoms with Gasteiger partial charge in [-0.15, -0.1) is 0 Å². The molecule has 0 spiro atoms. The number of aryl methyl sites for hydroxylation is 1. The van der Waals surface area contributed by atoms with Crippen LogP contribution in [0.1, 0.15) is 40.7 Å². The van der Waals surface area contributed by atoms with Gasteiger partial charge in [-0.1, -0.05) is 12.1 Å². The van der Waals surface area contributed by atoms with Gasteiger partial charge in [0.1, 0.15) is 0 Å². The second-order valence-corrected chi connectivity index (χ2v) is 9.97. The number of benzene rings is 1. The average molecular weight is 522 g/mol. The van der Waals surface area contributed by atoms with E-state index in [1.165, 1.54) is 0 Å². The lowest BCUT2D eigenvalue weighted by molar-refractivity contribution is -0.308. The van der Waals surface area contributed by atoms with Gasteiger partial charge in [0.25, 0.3) is 12.0 Å². The number of carbonyl (C=O) groups excluding carboxylic acids is 2. The third kappa shape index (κ3) is 5.90. The first-order chi connectivity index (χ1) is 16.8. The third-order valence-electron chi connectivity index (χ3n) is 7.20. The standard InChI is InChI=1S/C24H29F6N3O3/c1-15-9-16(5-6-19(15)20(34)32-7-3-2-4-8-32)10-31-11-17-13-33(14-18(17)12-31)22(35)36-21(23(25,26)27)24(28,29)30/h5-6,9,17-18,21H,2-4,7-8,10-14H2,1H3. The van der Waals surface area contributed by atoms with Gasteiger partial charge in [-0.3, -0.25) is 9.69 Å². The summed E-state index contributed by atoms with van der Waals surface area (Å²) in [6.07, 6.45) is -14.0. The van der Waals surface area contributed by atoms with Crippen molar-refractivity contribution in [1.82, 2.24) is 14.7 Å². The molecule has 1 aromatic carbocycles. The monoisotopic (exact) mass is 521 g/mol. The average Bonchev–Trinajstić information content (AvgIpc) is 3.35. The Labute approximate surface area is 205 Å². The SMILES string of the molecule is Cc1cc(CN2CC3CN(C(=O)OC(C(F)(F)F)C(F)(F)F)CC3C2)ccc1C(=O)N1CCCCC1. The molecule has 12 heteroatoms. The molecule has 200 valence electrons. The van der Waals surface area contributed by atoms with Crippen molar-refractivity contribution in [3.8, 4) is 0 Å². The van der Waals surface area contributed by atoms with E-state index in [2.05, 4.69) is 9.64 Å². The molecular formula is C24H29F6N3O3. The first-order valence-electron chi connectivity index (χ1n) is 12.0. The topological polar surface area (TPSA) is 53.1 Å². The van der Waals surface area contributed by atoms with Crippen LogP contribution < -0.4 is 0 Å². The molecule has 4 rings (SSSR count). The van der Waals surface area contributed by atoms with Crippen LogP contribution in [0.2, 0.25) is 0 Å². The summed E-state index contributed by atoms with van der Waals surface area (Å²) in [5, 5.41) is 0. The second kappa shape index (κ2) is 10.1. The van der Waals surface area contributed by atoms with Crippen molar-refractivity contribution in [3.05, 3.63) is 34.9 Å². The first kappa shape index (κ1) is 26.6. The lowest BCUT2D eigenvalue weighted by atomic mass is 10.0. The van der Waals surface area contributed by atoms with Crippen molar-refractivity contribution in [3.63, 3.8) is 0 Å². The highest BCUT2D eigenvalue weighted by Gasteiger charge is 2.60. The number of rotatable bonds is 4. The highest BCUT2D eigenvalue weighted by Crippen LogP contribution is 2.37. The lowest BCUT2D eigenvalue weighted by Crippen LogP contribution is -2.48. The van der Waals surface area contributed by atoms with Gasteiger partial charge in [0.05, 0.1) is 0 Å². The predicted molar refractivity (Wildman–Crippen MR) is 117 cm³/mol. The zero-order valence-corrected chi connectivity index (χ0v) is 19.9. The maximum absolute atomic E-state index is 12.8. The van der Waals surface area contributed by atoms with E-state index in [4.69, 9.17) is 0 Å². The molecule has 3 aliphatic rings. The molecule has 3 saturated heterocycles. The van der Waals surface area contributed by atoms with Gasteiger partial charge < -0.3 is 14.5 Å². The van der Waals surface area contributed by atoms with E-state index in [1.54, 1.807) is 0 Å². The van der Waals surface area contributed by atoms with E-state index in [0.717, 1.165) is 48.4 Å². The third-order valence-corrected chi connectivity index (χ3v) is 7.20. The van der Waals surface area contributed by atoms with Gasteiger partial charge in [0, 0.05) is 51.4 Å². The summed E-state index contributed by atoms with van der Waals surface area (Å²) in [6, 6.07) is 5.73. The Morgan fingerprint density at radius 1 is 0.917 bits per heavy atom. The van der Waals surface area contributed by atoms with Crippen molar-refractivity contribution >= 4 is 12.0 Å². The molecule has 0 aromatic heterocycles. The van der Waals surface area contributed by atoms with E-state index >= 15 is 0 Å². The van der Waals surface area contributed by atoms with E-state index in [9.17, 15) is 35.9 Å².